The fourth-order valence-corrected chi connectivity index (χ4v) is 3.60. The van der Waals surface area contributed by atoms with Crippen LogP contribution in [0.15, 0.2) is 65.6 Å². The maximum Gasteiger partial charge on any atom is 0.251 e. The molecule has 1 aromatic carbocycles. The molecule has 0 aliphatic heterocycles. The van der Waals surface area contributed by atoms with Crippen molar-refractivity contribution in [2.24, 2.45) is 0 Å². The molecule has 0 aliphatic rings. The van der Waals surface area contributed by atoms with Gasteiger partial charge in [-0.15, -0.1) is 0 Å². The Morgan fingerprint density at radius 3 is 2.61 bits per heavy atom. The van der Waals surface area contributed by atoms with Crippen molar-refractivity contribution in [2.45, 2.75) is 32.9 Å². The fourth-order valence-electron chi connectivity index (χ4n) is 3.60. The maximum absolute atomic E-state index is 13.5. The highest BCUT2D eigenvalue weighted by Crippen LogP contribution is 2.19. The number of carbonyl (C=O) groups excluding carboxylic acids is 1. The second-order valence-corrected chi connectivity index (χ2v) is 7.76. The molecule has 0 radical (unpaired) electrons. The summed E-state index contributed by atoms with van der Waals surface area (Å²) in [6.45, 7) is 3.78. The van der Waals surface area contributed by atoms with E-state index in [2.05, 4.69) is 25.4 Å². The van der Waals surface area contributed by atoms with Crippen LogP contribution in [0.2, 0.25) is 0 Å². The highest BCUT2D eigenvalue weighted by atomic mass is 19.1. The van der Waals surface area contributed by atoms with Gasteiger partial charge in [-0.2, -0.15) is 5.10 Å². The SMILES string of the molecule is Cc1cc(C)n(CC(=O)N[C@@H](Cc2cc(=O)[nH]c(-c3ccccn3)n2)c2ccc(F)cc2)n1. The quantitative estimate of drug-likeness (QED) is 0.454. The number of nitrogens with one attached hydrogen (secondary N) is 2. The summed E-state index contributed by atoms with van der Waals surface area (Å²) in [6, 6.07) is 14.0. The number of rotatable bonds is 7. The topological polar surface area (TPSA) is 106 Å². The van der Waals surface area contributed by atoms with Crippen molar-refractivity contribution >= 4 is 5.91 Å². The van der Waals surface area contributed by atoms with Gasteiger partial charge in [0, 0.05) is 24.4 Å². The van der Waals surface area contributed by atoms with Gasteiger partial charge in [0.15, 0.2) is 5.82 Å². The molecule has 0 aliphatic carbocycles. The summed E-state index contributed by atoms with van der Waals surface area (Å²) in [5.74, 6) is -0.298. The Hall–Kier alpha value is -4.14. The zero-order valence-electron chi connectivity index (χ0n) is 18.2. The van der Waals surface area contributed by atoms with Crippen LogP contribution < -0.4 is 10.9 Å². The number of hydrogen-bond donors (Lipinski definition) is 2. The van der Waals surface area contributed by atoms with E-state index in [1.807, 2.05) is 19.9 Å². The number of halogens is 1. The van der Waals surface area contributed by atoms with Gasteiger partial charge in [0.2, 0.25) is 5.91 Å². The molecule has 168 valence electrons. The lowest BCUT2D eigenvalue weighted by Crippen LogP contribution is -2.33. The van der Waals surface area contributed by atoms with Gasteiger partial charge in [-0.1, -0.05) is 18.2 Å². The lowest BCUT2D eigenvalue weighted by molar-refractivity contribution is -0.122. The molecule has 1 amide bonds. The number of aromatic nitrogens is 5. The van der Waals surface area contributed by atoms with E-state index in [0.717, 1.165) is 11.4 Å². The second kappa shape index (κ2) is 9.56. The predicted octanol–water partition coefficient (Wildman–Crippen LogP) is 2.88. The Morgan fingerprint density at radius 1 is 1.15 bits per heavy atom. The van der Waals surface area contributed by atoms with Gasteiger partial charge in [-0.3, -0.25) is 19.3 Å². The van der Waals surface area contributed by atoms with E-state index in [1.165, 1.54) is 18.2 Å². The Balaban J connectivity index is 1.61. The average Bonchev–Trinajstić information content (AvgIpc) is 3.10. The van der Waals surface area contributed by atoms with E-state index in [1.54, 1.807) is 41.2 Å². The number of pyridine rings is 1. The molecule has 0 saturated carbocycles. The minimum Gasteiger partial charge on any atom is -0.347 e. The maximum atomic E-state index is 13.5. The van der Waals surface area contributed by atoms with E-state index < -0.39 is 6.04 Å². The first-order valence-corrected chi connectivity index (χ1v) is 10.4. The van der Waals surface area contributed by atoms with Crippen molar-refractivity contribution in [1.82, 2.24) is 30.0 Å². The van der Waals surface area contributed by atoms with Crippen molar-refractivity contribution in [2.75, 3.05) is 0 Å². The molecule has 0 bridgehead atoms. The van der Waals surface area contributed by atoms with Gasteiger partial charge in [0.05, 0.1) is 17.4 Å². The molecule has 0 unspecified atom stereocenters. The molecule has 0 saturated heterocycles. The van der Waals surface area contributed by atoms with Gasteiger partial charge in [0.25, 0.3) is 5.56 Å². The van der Waals surface area contributed by atoms with Crippen molar-refractivity contribution in [1.29, 1.82) is 0 Å². The highest BCUT2D eigenvalue weighted by molar-refractivity contribution is 5.76. The van der Waals surface area contributed by atoms with Crippen LogP contribution in [0.5, 0.6) is 0 Å². The summed E-state index contributed by atoms with van der Waals surface area (Å²) in [5.41, 5.74) is 3.07. The first-order chi connectivity index (χ1) is 15.9. The zero-order valence-corrected chi connectivity index (χ0v) is 18.2. The largest absolute Gasteiger partial charge is 0.347 e. The number of aromatic amines is 1. The summed E-state index contributed by atoms with van der Waals surface area (Å²) < 4.78 is 15.1. The Morgan fingerprint density at radius 2 is 1.94 bits per heavy atom. The van der Waals surface area contributed by atoms with Crippen molar-refractivity contribution < 1.29 is 9.18 Å². The molecule has 1 atom stereocenters. The van der Waals surface area contributed by atoms with Crippen molar-refractivity contribution in [3.05, 3.63) is 99.6 Å². The molecule has 9 heteroatoms. The summed E-state index contributed by atoms with van der Waals surface area (Å²) in [7, 11) is 0. The molecule has 3 heterocycles. The molecule has 4 rings (SSSR count). The number of benzene rings is 1. The molecule has 0 spiro atoms. The number of aryl methyl sites for hydroxylation is 2. The van der Waals surface area contributed by atoms with Gasteiger partial charge in [-0.25, -0.2) is 9.37 Å². The van der Waals surface area contributed by atoms with Crippen LogP contribution in [0.25, 0.3) is 11.5 Å². The van der Waals surface area contributed by atoms with E-state index in [4.69, 9.17) is 0 Å². The summed E-state index contributed by atoms with van der Waals surface area (Å²) in [5, 5.41) is 7.30. The van der Waals surface area contributed by atoms with E-state index >= 15 is 0 Å². The van der Waals surface area contributed by atoms with Gasteiger partial charge in [-0.05, 0) is 49.7 Å². The Kier molecular flexibility index (Phi) is 6.39. The van der Waals surface area contributed by atoms with Crippen LogP contribution in [0.1, 0.15) is 28.7 Å². The number of hydrogen-bond acceptors (Lipinski definition) is 5. The summed E-state index contributed by atoms with van der Waals surface area (Å²) in [6.07, 6.45) is 1.85. The number of carbonyl (C=O) groups is 1. The minimum absolute atomic E-state index is 0.0410. The molecule has 0 fully saturated rings. The number of amides is 1. The highest BCUT2D eigenvalue weighted by Gasteiger charge is 2.18. The number of nitrogens with zero attached hydrogens (tertiary/aromatic N) is 4. The van der Waals surface area contributed by atoms with Crippen molar-refractivity contribution in [3.63, 3.8) is 0 Å². The third-order valence-electron chi connectivity index (χ3n) is 5.12. The Bertz CT molecular complexity index is 1320. The average molecular weight is 446 g/mol. The first-order valence-electron chi connectivity index (χ1n) is 10.4. The summed E-state index contributed by atoms with van der Waals surface area (Å²) >= 11 is 0. The smallest absolute Gasteiger partial charge is 0.251 e. The minimum atomic E-state index is -0.527. The van der Waals surface area contributed by atoms with Crippen LogP contribution >= 0.6 is 0 Å². The third kappa shape index (κ3) is 5.57. The monoisotopic (exact) mass is 446 g/mol. The van der Waals surface area contributed by atoms with E-state index in [0.29, 0.717) is 22.8 Å². The number of H-pyrrole nitrogens is 1. The van der Waals surface area contributed by atoms with Crippen molar-refractivity contribution in [3.8, 4) is 11.5 Å². The van der Waals surface area contributed by atoms with Gasteiger partial charge in [0.1, 0.15) is 18.1 Å². The molecule has 3 aromatic heterocycles. The second-order valence-electron chi connectivity index (χ2n) is 7.76. The van der Waals surface area contributed by atoms with Crippen LogP contribution in [0.4, 0.5) is 4.39 Å². The van der Waals surface area contributed by atoms with E-state index in [9.17, 15) is 14.0 Å². The standard InChI is InChI=1S/C24H23FN6O2/c1-15-11-16(2)31(30-15)14-23(33)28-21(17-6-8-18(25)9-7-17)12-19-13-22(32)29-24(27-19)20-5-3-4-10-26-20/h3-11,13,21H,12,14H2,1-2H3,(H,28,33)(H,27,29,32)/t21-/m0/s1. The lowest BCUT2D eigenvalue weighted by Gasteiger charge is -2.19. The molecule has 33 heavy (non-hydrogen) atoms. The molecular formula is C24H23FN6O2. The van der Waals surface area contributed by atoms with E-state index in [-0.39, 0.29) is 30.2 Å². The van der Waals surface area contributed by atoms with Gasteiger partial charge < -0.3 is 10.3 Å². The van der Waals surface area contributed by atoms with Crippen LogP contribution in [-0.2, 0) is 17.8 Å². The van der Waals surface area contributed by atoms with Crippen LogP contribution in [-0.4, -0.2) is 30.6 Å². The summed E-state index contributed by atoms with van der Waals surface area (Å²) in [4.78, 5) is 36.6. The fraction of sp³-hybridized carbons (Fsp3) is 0.208. The molecule has 4 aromatic rings. The lowest BCUT2D eigenvalue weighted by atomic mass is 10.0. The zero-order chi connectivity index (χ0) is 23.4. The first kappa shape index (κ1) is 22.1. The van der Waals surface area contributed by atoms with Crippen LogP contribution in [0, 0.1) is 19.7 Å². The normalized spacial score (nSPS) is 11.8. The molecule has 8 nitrogen and oxygen atoms in total. The van der Waals surface area contributed by atoms with Gasteiger partial charge >= 0.3 is 0 Å². The molecular weight excluding hydrogens is 423 g/mol. The Labute approximate surface area is 189 Å². The predicted molar refractivity (Wildman–Crippen MR) is 121 cm³/mol. The molecule has 2 N–H and O–H groups in total. The third-order valence-corrected chi connectivity index (χ3v) is 5.12. The van der Waals surface area contributed by atoms with Crippen LogP contribution in [0.3, 0.4) is 0 Å².